The lowest BCUT2D eigenvalue weighted by atomic mass is 9.95. The van der Waals surface area contributed by atoms with Gasteiger partial charge in [0.25, 0.3) is 5.91 Å². The molecule has 31 heavy (non-hydrogen) atoms. The van der Waals surface area contributed by atoms with E-state index in [-0.39, 0.29) is 17.4 Å². The molecule has 1 aliphatic carbocycles. The standard InChI is InChI=1S/C21H24FN7O2/c22-15-9-23-7-6-16(15)27-21(30)18-10-24-20-17(25-14-11-31-12-14)8-19(28-29(18)20)26-13-4-2-1-3-5-13/h6-10,13-14,25H,1-5,11-12H2,(H,26,28)(H,23,27,30). The van der Waals surface area contributed by atoms with Crippen LogP contribution in [0.1, 0.15) is 42.6 Å². The summed E-state index contributed by atoms with van der Waals surface area (Å²) in [7, 11) is 0. The maximum Gasteiger partial charge on any atom is 0.276 e. The Balaban J connectivity index is 1.47. The largest absolute Gasteiger partial charge is 0.377 e. The number of carbonyl (C=O) groups is 1. The summed E-state index contributed by atoms with van der Waals surface area (Å²) in [4.78, 5) is 21.0. The third-order valence-electron chi connectivity index (χ3n) is 5.68. The summed E-state index contributed by atoms with van der Waals surface area (Å²) >= 11 is 0. The number of nitrogens with one attached hydrogen (secondary N) is 3. The molecular weight excluding hydrogens is 401 g/mol. The molecule has 0 bridgehead atoms. The fraction of sp³-hybridized carbons (Fsp3) is 0.429. The van der Waals surface area contributed by atoms with Crippen molar-refractivity contribution in [3.63, 3.8) is 0 Å². The number of rotatable bonds is 6. The highest BCUT2D eigenvalue weighted by Crippen LogP contribution is 2.26. The van der Waals surface area contributed by atoms with Gasteiger partial charge in [0.1, 0.15) is 5.82 Å². The highest BCUT2D eigenvalue weighted by atomic mass is 19.1. The Morgan fingerprint density at radius 2 is 1.94 bits per heavy atom. The maximum atomic E-state index is 13.9. The average Bonchev–Trinajstić information content (AvgIpc) is 3.17. The molecule has 1 aliphatic heterocycles. The van der Waals surface area contributed by atoms with Crippen molar-refractivity contribution in [1.29, 1.82) is 0 Å². The third kappa shape index (κ3) is 4.15. The second kappa shape index (κ2) is 8.46. The summed E-state index contributed by atoms with van der Waals surface area (Å²) in [5.41, 5.74) is 1.57. The Morgan fingerprint density at radius 1 is 1.10 bits per heavy atom. The minimum Gasteiger partial charge on any atom is -0.377 e. The number of anilines is 3. The van der Waals surface area contributed by atoms with E-state index in [1.807, 2.05) is 6.07 Å². The molecule has 3 aromatic heterocycles. The van der Waals surface area contributed by atoms with Crippen LogP contribution in [-0.4, -0.2) is 50.8 Å². The predicted molar refractivity (Wildman–Crippen MR) is 114 cm³/mol. The second-order valence-electron chi connectivity index (χ2n) is 7.99. The molecule has 2 fully saturated rings. The Kier molecular flexibility index (Phi) is 5.37. The fourth-order valence-corrected chi connectivity index (χ4v) is 3.96. The van der Waals surface area contributed by atoms with Gasteiger partial charge in [-0.15, -0.1) is 5.10 Å². The van der Waals surface area contributed by atoms with E-state index >= 15 is 0 Å². The minimum absolute atomic E-state index is 0.0522. The zero-order valence-corrected chi connectivity index (χ0v) is 17.0. The van der Waals surface area contributed by atoms with Gasteiger partial charge in [0.2, 0.25) is 0 Å². The average molecular weight is 425 g/mol. The summed E-state index contributed by atoms with van der Waals surface area (Å²) < 4.78 is 20.7. The molecule has 3 N–H and O–H groups in total. The number of nitrogens with zero attached hydrogens (tertiary/aromatic N) is 4. The topological polar surface area (TPSA) is 105 Å². The number of halogens is 1. The van der Waals surface area contributed by atoms with Gasteiger partial charge < -0.3 is 20.7 Å². The summed E-state index contributed by atoms with van der Waals surface area (Å²) in [5.74, 6) is -0.438. The molecule has 0 unspecified atom stereocenters. The van der Waals surface area contributed by atoms with E-state index in [0.29, 0.717) is 30.7 Å². The molecular formula is C21H24FN7O2. The molecule has 1 saturated carbocycles. The molecule has 5 rings (SSSR count). The lowest BCUT2D eigenvalue weighted by molar-refractivity contribution is 0.0211. The van der Waals surface area contributed by atoms with Crippen molar-refractivity contribution >= 4 is 28.7 Å². The lowest BCUT2D eigenvalue weighted by Gasteiger charge is -2.28. The van der Waals surface area contributed by atoms with Gasteiger partial charge in [0, 0.05) is 18.3 Å². The van der Waals surface area contributed by atoms with Gasteiger partial charge in [0.15, 0.2) is 17.2 Å². The molecule has 4 heterocycles. The van der Waals surface area contributed by atoms with Gasteiger partial charge in [-0.2, -0.15) is 0 Å². The maximum absolute atomic E-state index is 13.9. The molecule has 2 aliphatic rings. The van der Waals surface area contributed by atoms with E-state index in [0.717, 1.165) is 24.7 Å². The van der Waals surface area contributed by atoms with E-state index in [1.165, 1.54) is 42.2 Å². The normalized spacial score (nSPS) is 17.3. The summed E-state index contributed by atoms with van der Waals surface area (Å²) in [6.07, 6.45) is 9.76. The van der Waals surface area contributed by atoms with Gasteiger partial charge in [0.05, 0.1) is 43.0 Å². The smallest absolute Gasteiger partial charge is 0.276 e. The van der Waals surface area contributed by atoms with Crippen LogP contribution < -0.4 is 16.0 Å². The molecule has 0 spiro atoms. The predicted octanol–water partition coefficient (Wildman–Crippen LogP) is 3.07. The van der Waals surface area contributed by atoms with E-state index in [1.54, 1.807) is 0 Å². The van der Waals surface area contributed by atoms with Crippen LogP contribution in [0, 0.1) is 5.82 Å². The van der Waals surface area contributed by atoms with Crippen molar-refractivity contribution < 1.29 is 13.9 Å². The Morgan fingerprint density at radius 3 is 2.68 bits per heavy atom. The van der Waals surface area contributed by atoms with Gasteiger partial charge in [-0.1, -0.05) is 19.3 Å². The molecule has 1 saturated heterocycles. The zero-order valence-electron chi connectivity index (χ0n) is 17.0. The Bertz CT molecular complexity index is 1090. The van der Waals surface area contributed by atoms with Crippen LogP contribution in [-0.2, 0) is 4.74 Å². The van der Waals surface area contributed by atoms with E-state index < -0.39 is 11.7 Å². The number of imidazole rings is 1. The molecule has 1 amide bonds. The van der Waals surface area contributed by atoms with Crippen molar-refractivity contribution in [2.24, 2.45) is 0 Å². The van der Waals surface area contributed by atoms with Gasteiger partial charge in [-0.05, 0) is 18.9 Å². The molecule has 0 aromatic carbocycles. The molecule has 0 radical (unpaired) electrons. The first kappa shape index (κ1) is 19.7. The quantitative estimate of drug-likeness (QED) is 0.557. The van der Waals surface area contributed by atoms with Crippen molar-refractivity contribution in [2.75, 3.05) is 29.2 Å². The van der Waals surface area contributed by atoms with Gasteiger partial charge in [-0.3, -0.25) is 9.78 Å². The Labute approximate surface area is 178 Å². The number of amides is 1. The van der Waals surface area contributed by atoms with E-state index in [9.17, 15) is 9.18 Å². The highest BCUT2D eigenvalue weighted by Gasteiger charge is 2.23. The molecule has 10 heteroatoms. The van der Waals surface area contributed by atoms with E-state index in [2.05, 4.69) is 31.0 Å². The van der Waals surface area contributed by atoms with Crippen LogP contribution in [0.25, 0.3) is 5.65 Å². The van der Waals surface area contributed by atoms with Crippen LogP contribution in [0.4, 0.5) is 21.6 Å². The number of fused-ring (bicyclic) bond motifs is 1. The SMILES string of the molecule is O=C(Nc1ccncc1F)c1cnc2c(NC3COC3)cc(NC3CCCCC3)nn12. The first-order valence-electron chi connectivity index (χ1n) is 10.6. The van der Waals surface area contributed by atoms with Gasteiger partial charge in [-0.25, -0.2) is 13.9 Å². The van der Waals surface area contributed by atoms with Gasteiger partial charge >= 0.3 is 0 Å². The van der Waals surface area contributed by atoms with Crippen LogP contribution >= 0.6 is 0 Å². The monoisotopic (exact) mass is 425 g/mol. The molecule has 3 aromatic rings. The number of ether oxygens (including phenoxy) is 1. The number of carbonyl (C=O) groups excluding carboxylic acids is 1. The number of hydrogen-bond acceptors (Lipinski definition) is 7. The van der Waals surface area contributed by atoms with Crippen molar-refractivity contribution in [3.05, 3.63) is 42.2 Å². The summed E-state index contributed by atoms with van der Waals surface area (Å²) in [6.45, 7) is 1.24. The van der Waals surface area contributed by atoms with E-state index in [4.69, 9.17) is 4.74 Å². The summed E-state index contributed by atoms with van der Waals surface area (Å²) in [5, 5.41) is 14.1. The van der Waals surface area contributed by atoms with Crippen molar-refractivity contribution in [3.8, 4) is 0 Å². The molecule has 0 atom stereocenters. The van der Waals surface area contributed by atoms with Crippen LogP contribution in [0.2, 0.25) is 0 Å². The minimum atomic E-state index is -0.607. The molecule has 162 valence electrons. The first-order chi connectivity index (χ1) is 15.2. The second-order valence-corrected chi connectivity index (χ2v) is 7.99. The molecule has 9 nitrogen and oxygen atoms in total. The van der Waals surface area contributed by atoms with Crippen LogP contribution in [0.5, 0.6) is 0 Å². The summed E-state index contributed by atoms with van der Waals surface area (Å²) in [6, 6.07) is 3.88. The number of aromatic nitrogens is 4. The first-order valence-corrected chi connectivity index (χ1v) is 10.6. The highest BCUT2D eigenvalue weighted by molar-refractivity contribution is 6.03. The Hall–Kier alpha value is -3.27. The van der Waals surface area contributed by atoms with Crippen molar-refractivity contribution in [1.82, 2.24) is 19.6 Å². The number of pyridine rings is 1. The van der Waals surface area contributed by atoms with Crippen LogP contribution in [0.3, 0.4) is 0 Å². The third-order valence-corrected chi connectivity index (χ3v) is 5.68. The fourth-order valence-electron chi connectivity index (χ4n) is 3.96. The zero-order chi connectivity index (χ0) is 21.2. The van der Waals surface area contributed by atoms with Crippen LogP contribution in [0.15, 0.2) is 30.7 Å². The number of hydrogen-bond donors (Lipinski definition) is 3. The van der Waals surface area contributed by atoms with Crippen molar-refractivity contribution in [2.45, 2.75) is 44.2 Å². The lowest BCUT2D eigenvalue weighted by Crippen LogP contribution is -2.40.